The van der Waals surface area contributed by atoms with Crippen molar-refractivity contribution in [2.45, 2.75) is 117 Å². The lowest BCUT2D eigenvalue weighted by molar-refractivity contribution is -0.765. The molecule has 3 atom stereocenters. The summed E-state index contributed by atoms with van der Waals surface area (Å²) in [6.07, 6.45) is 13.9. The molecule has 4 aromatic carbocycles. The van der Waals surface area contributed by atoms with Gasteiger partial charge in [-0.1, -0.05) is 121 Å². The van der Waals surface area contributed by atoms with Crippen LogP contribution in [0.2, 0.25) is 0 Å². The highest BCUT2D eigenvalue weighted by Gasteiger charge is 2.59. The molecule has 4 aromatic heterocycles. The van der Waals surface area contributed by atoms with Crippen molar-refractivity contribution in [1.29, 1.82) is 0 Å². The fourth-order valence-corrected chi connectivity index (χ4v) is 11.0. The van der Waals surface area contributed by atoms with Crippen LogP contribution in [0.3, 0.4) is 0 Å². The van der Waals surface area contributed by atoms with Crippen molar-refractivity contribution < 1.29 is 8.97 Å². The number of unbranched alkanes of at least 4 members (excludes halogenated alkanes) is 1. The Labute approximate surface area is 346 Å². The lowest BCUT2D eigenvalue weighted by Gasteiger charge is -2.48. The van der Waals surface area contributed by atoms with Gasteiger partial charge in [0, 0.05) is 71.0 Å². The van der Waals surface area contributed by atoms with Crippen LogP contribution in [0, 0.1) is 12.8 Å². The number of hydrogen-bond donors (Lipinski definition) is 0. The van der Waals surface area contributed by atoms with Gasteiger partial charge in [0.2, 0.25) is 11.2 Å². The standard InChI is InChI=1S/C55H61N3/c1-9-12-20-39(7)44-31-53-43-24-16-18-25-49(43)55(11-3,54(8,10-2)58(53)36-48(44)40-21-14-13-15-22-40)33-41-35-56-28-27-38(6)29-51(56)47-32-52-46(30-45(41)47)42-23-17-19-26-50(42)57(52)34-37(4)5/h13-19,21-32,35-37,39H,9-12,20,33-34H2,1-8H3/q+2. The second-order valence-corrected chi connectivity index (χ2v) is 18.2. The van der Waals surface area contributed by atoms with E-state index in [0.29, 0.717) is 11.8 Å². The normalized spacial score (nSPS) is 18.4. The van der Waals surface area contributed by atoms with Gasteiger partial charge in [-0.05, 0) is 89.9 Å². The van der Waals surface area contributed by atoms with Gasteiger partial charge in [-0.15, -0.1) is 0 Å². The van der Waals surface area contributed by atoms with Crippen LogP contribution in [-0.2, 0) is 23.9 Å². The van der Waals surface area contributed by atoms with Gasteiger partial charge in [-0.3, -0.25) is 0 Å². The number of aromatic nitrogens is 3. The SMILES string of the molecule is CCCCC(C)c1cc2[n+](cc1-c1ccccc1)C(C)(CC)C(CC)(Cc1c[n+]3ccc(C)cc3c3cc4c(cc13)c1ccccc1n4CC(C)C)c1ccccc1-2. The quantitative estimate of drug-likeness (QED) is 0.0919. The van der Waals surface area contributed by atoms with Crippen LogP contribution < -0.4 is 8.97 Å². The topological polar surface area (TPSA) is 12.9 Å². The van der Waals surface area contributed by atoms with Crippen LogP contribution in [-0.4, -0.2) is 4.57 Å². The van der Waals surface area contributed by atoms with E-state index in [1.54, 1.807) is 0 Å². The van der Waals surface area contributed by atoms with Crippen LogP contribution in [0.15, 0.2) is 128 Å². The highest BCUT2D eigenvalue weighted by atomic mass is 15.1. The Morgan fingerprint density at radius 1 is 0.690 bits per heavy atom. The minimum atomic E-state index is -0.212. The zero-order chi connectivity index (χ0) is 40.3. The number of fused-ring (bicyclic) bond motifs is 9. The monoisotopic (exact) mass is 763 g/mol. The summed E-state index contributed by atoms with van der Waals surface area (Å²) in [5.41, 5.74) is 14.6. The van der Waals surface area contributed by atoms with E-state index in [1.165, 1.54) is 102 Å². The highest BCUT2D eigenvalue weighted by Crippen LogP contribution is 2.53. The molecule has 3 heteroatoms. The summed E-state index contributed by atoms with van der Waals surface area (Å²) in [5.74, 6) is 1.00. The van der Waals surface area contributed by atoms with E-state index in [2.05, 4.69) is 197 Å². The second-order valence-electron chi connectivity index (χ2n) is 18.2. The summed E-state index contributed by atoms with van der Waals surface area (Å²) in [4.78, 5) is 0. The van der Waals surface area contributed by atoms with Gasteiger partial charge in [0.1, 0.15) is 0 Å². The van der Waals surface area contributed by atoms with Crippen molar-refractivity contribution in [2.75, 3.05) is 0 Å². The number of aryl methyl sites for hydroxylation is 1. The molecule has 1 aliphatic rings. The minimum absolute atomic E-state index is 0.189. The molecule has 9 rings (SSSR count). The van der Waals surface area contributed by atoms with Crippen molar-refractivity contribution >= 4 is 38.1 Å². The third-order valence-corrected chi connectivity index (χ3v) is 14.3. The molecule has 0 N–H and O–H groups in total. The van der Waals surface area contributed by atoms with Gasteiger partial charge < -0.3 is 4.57 Å². The maximum Gasteiger partial charge on any atom is 0.218 e. The van der Waals surface area contributed by atoms with Crippen molar-refractivity contribution in [3.8, 4) is 22.4 Å². The van der Waals surface area contributed by atoms with E-state index in [1.807, 2.05) is 0 Å². The lowest BCUT2D eigenvalue weighted by atomic mass is 9.57. The molecule has 58 heavy (non-hydrogen) atoms. The Kier molecular flexibility index (Phi) is 9.78. The number of benzene rings is 4. The predicted octanol–water partition coefficient (Wildman–Crippen LogP) is 13.6. The number of para-hydroxylation sites is 1. The smallest absolute Gasteiger partial charge is 0.218 e. The molecule has 0 amide bonds. The van der Waals surface area contributed by atoms with Crippen LogP contribution in [0.5, 0.6) is 0 Å². The van der Waals surface area contributed by atoms with Gasteiger partial charge in [-0.2, -0.15) is 8.97 Å². The van der Waals surface area contributed by atoms with Crippen molar-refractivity contribution in [3.05, 3.63) is 150 Å². The van der Waals surface area contributed by atoms with Crippen molar-refractivity contribution in [1.82, 2.24) is 4.57 Å². The van der Waals surface area contributed by atoms with Crippen LogP contribution in [0.1, 0.15) is 109 Å². The van der Waals surface area contributed by atoms with E-state index >= 15 is 0 Å². The Hall–Kier alpha value is -5.28. The molecular formula is C55H61N3+2. The first-order valence-electron chi connectivity index (χ1n) is 22.2. The maximum atomic E-state index is 2.73. The lowest BCUT2D eigenvalue weighted by Crippen LogP contribution is -2.69. The summed E-state index contributed by atoms with van der Waals surface area (Å²) >= 11 is 0. The zero-order valence-electron chi connectivity index (χ0n) is 36.1. The van der Waals surface area contributed by atoms with Crippen LogP contribution >= 0.6 is 0 Å². The summed E-state index contributed by atoms with van der Waals surface area (Å²) in [6.45, 7) is 20.1. The van der Waals surface area contributed by atoms with E-state index < -0.39 is 0 Å². The van der Waals surface area contributed by atoms with E-state index in [0.717, 1.165) is 25.8 Å². The van der Waals surface area contributed by atoms with Gasteiger partial charge in [0.15, 0.2) is 24.1 Å². The first-order chi connectivity index (χ1) is 28.1. The number of hydrogen-bond acceptors (Lipinski definition) is 0. The molecule has 0 bridgehead atoms. The van der Waals surface area contributed by atoms with E-state index in [9.17, 15) is 0 Å². The van der Waals surface area contributed by atoms with Crippen molar-refractivity contribution in [2.24, 2.45) is 5.92 Å². The van der Waals surface area contributed by atoms with Gasteiger partial charge >= 0.3 is 0 Å². The summed E-state index contributed by atoms with van der Waals surface area (Å²) in [6, 6.07) is 41.9. The first kappa shape index (κ1) is 38.2. The number of nitrogens with zero attached hydrogens (tertiary/aromatic N) is 3. The number of rotatable bonds is 11. The largest absolute Gasteiger partial charge is 0.340 e. The van der Waals surface area contributed by atoms with Crippen molar-refractivity contribution in [3.63, 3.8) is 0 Å². The summed E-state index contributed by atoms with van der Waals surface area (Å²) in [5, 5.41) is 5.40. The Balaban J connectivity index is 1.33. The Morgan fingerprint density at radius 2 is 1.45 bits per heavy atom. The molecule has 0 aliphatic carbocycles. The van der Waals surface area contributed by atoms with E-state index in [4.69, 9.17) is 0 Å². The number of pyridine rings is 3. The molecule has 0 radical (unpaired) electrons. The summed E-state index contributed by atoms with van der Waals surface area (Å²) < 4.78 is 7.71. The highest BCUT2D eigenvalue weighted by molar-refractivity contribution is 6.14. The molecule has 0 saturated heterocycles. The fraction of sp³-hybridized carbons (Fsp3) is 0.345. The molecule has 0 saturated carbocycles. The minimum Gasteiger partial charge on any atom is -0.340 e. The molecular weight excluding hydrogens is 703 g/mol. The molecule has 8 aromatic rings. The second kappa shape index (κ2) is 14.8. The average Bonchev–Trinajstić information content (AvgIpc) is 3.55. The third-order valence-electron chi connectivity index (χ3n) is 14.3. The zero-order valence-corrected chi connectivity index (χ0v) is 36.1. The molecule has 0 spiro atoms. The van der Waals surface area contributed by atoms with E-state index in [-0.39, 0.29) is 11.0 Å². The molecule has 5 heterocycles. The average molecular weight is 764 g/mol. The fourth-order valence-electron chi connectivity index (χ4n) is 11.0. The molecule has 1 aliphatic heterocycles. The Bertz CT molecular complexity index is 2830. The van der Waals surface area contributed by atoms with Gasteiger partial charge in [-0.25, -0.2) is 0 Å². The van der Waals surface area contributed by atoms with Gasteiger partial charge in [0.25, 0.3) is 0 Å². The molecule has 0 fully saturated rings. The van der Waals surface area contributed by atoms with Crippen LogP contribution in [0.25, 0.3) is 60.5 Å². The van der Waals surface area contributed by atoms with Crippen LogP contribution in [0.4, 0.5) is 0 Å². The summed E-state index contributed by atoms with van der Waals surface area (Å²) in [7, 11) is 0. The first-order valence-corrected chi connectivity index (χ1v) is 22.2. The predicted molar refractivity (Wildman–Crippen MR) is 245 cm³/mol. The van der Waals surface area contributed by atoms with Gasteiger partial charge in [0.05, 0.1) is 16.4 Å². The third kappa shape index (κ3) is 5.90. The molecule has 3 unspecified atom stereocenters. The molecule has 3 nitrogen and oxygen atoms in total. The Morgan fingerprint density at radius 3 is 2.21 bits per heavy atom. The molecule has 294 valence electrons. The maximum absolute atomic E-state index is 2.73.